The molecule has 0 aliphatic heterocycles. The molecule has 0 aromatic carbocycles. The van der Waals surface area contributed by atoms with Gasteiger partial charge in [-0.15, -0.1) is 48.5 Å². The van der Waals surface area contributed by atoms with Gasteiger partial charge < -0.3 is 13.8 Å². The Morgan fingerprint density at radius 3 is 0.605 bits per heavy atom. The Hall–Kier alpha value is -4.59. The predicted octanol–water partition coefficient (Wildman–Crippen LogP) is 35.2. The standard InChI is InChI=1S/7C14H27N3.2C9H17.2C4H9.2Y/c2*1-12(2)7-5-9-14-11-15-16-17(14)10-6-8-13(3)4;2*1-12(2)7-5-6-10-17-14(11-15-16-17)9-8-13(3)4;1-12(2)7-5-6-8-14-11-15-16-17(14)10-9-13(3)4;2*1-12(2)8-6-5-7-9-17-14(10-13(3)4)11-15-16-17;2*1-4-5-6-7-8-9(2)3;2*1-4(2)3;;/h7*11-13H,5-10H2,1-4H3;2*4-5,9H,1,6-8H2,2-3H3;2*4H,1H2,2-3H3;;/q;;;;;;;4*-1;;/b;;;;;;;5-4+;5-4-;;;;. The zero-order chi connectivity index (χ0) is 110. The van der Waals surface area contributed by atoms with Crippen molar-refractivity contribution >= 4 is 0 Å². The number of hydrogen-bond donors (Lipinski definition) is 0. The molecule has 852 valence electrons. The molecule has 7 aromatic rings. The predicted molar refractivity (Wildman–Crippen MR) is 630 cm³/mol. The second-order valence-electron chi connectivity index (χ2n) is 48.8. The van der Waals surface area contributed by atoms with Gasteiger partial charge in [0.1, 0.15) is 0 Å². The van der Waals surface area contributed by atoms with Gasteiger partial charge in [0.2, 0.25) is 0 Å². The van der Waals surface area contributed by atoms with Gasteiger partial charge in [0.15, 0.2) is 0 Å². The smallest absolute Gasteiger partial charge is 0.0725 e. The van der Waals surface area contributed by atoms with E-state index < -0.39 is 0 Å². The number of allylic oxidation sites excluding steroid dienone is 4. The van der Waals surface area contributed by atoms with Crippen LogP contribution in [0, 0.1) is 134 Å². The number of unbranched alkanes of at least 4 members (excludes halogenated alkanes) is 9. The van der Waals surface area contributed by atoms with E-state index >= 15 is 0 Å². The molecule has 0 spiro atoms. The number of nitrogens with zero attached hydrogens (tertiary/aromatic N) is 21. The van der Waals surface area contributed by atoms with Gasteiger partial charge in [-0.05, 0) is 230 Å². The molecule has 0 amide bonds. The normalized spacial score (nSPS) is 11.3. The third-order valence-electron chi connectivity index (χ3n) is 23.9. The van der Waals surface area contributed by atoms with Crippen molar-refractivity contribution in [3.05, 3.63) is 135 Å². The molecule has 0 fully saturated rings. The number of aryl methyl sites for hydroxylation is 12. The molecule has 0 saturated heterocycles. The fraction of sp³-hybridized carbons (Fsp3) is 0.823. The van der Waals surface area contributed by atoms with E-state index in [0.717, 1.165) is 174 Å². The molecule has 2 radical (unpaired) electrons. The molecule has 7 heterocycles. The van der Waals surface area contributed by atoms with Gasteiger partial charge in [-0.3, -0.25) is 0 Å². The minimum atomic E-state index is 0. The van der Waals surface area contributed by atoms with E-state index in [1.54, 1.807) is 0 Å². The molecule has 7 aromatic heterocycles. The van der Waals surface area contributed by atoms with Crippen LogP contribution >= 0.6 is 0 Å². The molecular weight excluding hydrogens is 1960 g/mol. The van der Waals surface area contributed by atoms with E-state index in [-0.39, 0.29) is 65.4 Å². The van der Waals surface area contributed by atoms with Crippen LogP contribution in [-0.4, -0.2) is 105 Å². The summed E-state index contributed by atoms with van der Waals surface area (Å²) >= 11 is 0. The zero-order valence-corrected chi connectivity index (χ0v) is 109. The van der Waals surface area contributed by atoms with Gasteiger partial charge in [-0.25, -0.2) is 70.9 Å². The SMILES string of the molecule is CC(C)CCCCCn1nncc1CC(C)C.CC(C)CCCCCn1nncc1CC(C)C.CC(C)CCCCc1cnnn1CCC(C)C.CC(C)CCCCn1nncc1CCC(C)C.CC(C)CCCCn1nncc1CCC(C)C.CC(C)CCCc1cnnn1CCCC(C)C.CC(C)CCCc1cnnn1CCCC(C)C.[CH2-]/C=C/CCCC(C)C.[CH2-]/C=C\CCCC(C)C.[CH2-]C(C)C.[CH2-]C(C)C.[Y].[Y]. The number of rotatable bonds is 64. The Labute approximate surface area is 962 Å². The molecule has 21 nitrogen and oxygen atoms in total. The van der Waals surface area contributed by atoms with Crippen LogP contribution < -0.4 is 0 Å². The fourth-order valence-corrected chi connectivity index (χ4v) is 15.3. The Morgan fingerprint density at radius 1 is 0.190 bits per heavy atom. The molecule has 0 atom stereocenters. The molecule has 0 bridgehead atoms. The van der Waals surface area contributed by atoms with Crippen LogP contribution in [-0.2, 0) is 156 Å². The minimum absolute atomic E-state index is 0. The first kappa shape index (κ1) is 153. The summed E-state index contributed by atoms with van der Waals surface area (Å²) in [7, 11) is 0. The first-order chi connectivity index (χ1) is 68.6. The van der Waals surface area contributed by atoms with E-state index in [1.807, 2.05) is 55.5 Å². The second kappa shape index (κ2) is 103. The quantitative estimate of drug-likeness (QED) is 0.0256. The Bertz CT molecular complexity index is 3500. The maximum absolute atomic E-state index is 4.18. The van der Waals surface area contributed by atoms with E-state index in [9.17, 15) is 0 Å². The summed E-state index contributed by atoms with van der Waals surface area (Å²) in [5, 5.41) is 57.4. The third kappa shape index (κ3) is 105. The largest absolute Gasteiger partial charge is 0.341 e. The van der Waals surface area contributed by atoms with Crippen LogP contribution in [0.5, 0.6) is 0 Å². The van der Waals surface area contributed by atoms with Crippen molar-refractivity contribution < 1.29 is 65.4 Å². The van der Waals surface area contributed by atoms with E-state index in [2.05, 4.69) is 394 Å². The summed E-state index contributed by atoms with van der Waals surface area (Å²) in [4.78, 5) is 0. The van der Waals surface area contributed by atoms with Crippen LogP contribution in [0.2, 0.25) is 0 Å². The third-order valence-corrected chi connectivity index (χ3v) is 23.9. The minimum Gasteiger partial charge on any atom is -0.341 e. The van der Waals surface area contributed by atoms with Crippen molar-refractivity contribution in [3.8, 4) is 0 Å². The van der Waals surface area contributed by atoms with Crippen molar-refractivity contribution in [3.63, 3.8) is 0 Å². The molecule has 0 aliphatic rings. The molecule has 147 heavy (non-hydrogen) atoms. The van der Waals surface area contributed by atoms with Crippen LogP contribution in [0.25, 0.3) is 0 Å². The first-order valence-corrected chi connectivity index (χ1v) is 59.3. The van der Waals surface area contributed by atoms with Gasteiger partial charge >= 0.3 is 0 Å². The molecule has 0 unspecified atom stereocenters. The van der Waals surface area contributed by atoms with Crippen LogP contribution in [0.4, 0.5) is 0 Å². The molecule has 0 N–H and O–H groups in total. The molecular formula is C124H241N21Y2-4. The van der Waals surface area contributed by atoms with Crippen LogP contribution in [0.15, 0.2) is 67.7 Å². The summed E-state index contributed by atoms with van der Waals surface area (Å²) in [6.45, 7) is 102. The monoisotopic (exact) mass is 2200 g/mol. The maximum Gasteiger partial charge on any atom is 0.0725 e. The number of hydrogen-bond acceptors (Lipinski definition) is 14. The van der Waals surface area contributed by atoms with Crippen LogP contribution in [0.3, 0.4) is 0 Å². The van der Waals surface area contributed by atoms with Crippen molar-refractivity contribution in [2.75, 3.05) is 0 Å². The fourth-order valence-electron chi connectivity index (χ4n) is 15.3. The summed E-state index contributed by atoms with van der Waals surface area (Å²) in [6, 6.07) is 0. The van der Waals surface area contributed by atoms with E-state index in [0.29, 0.717) is 23.7 Å². The van der Waals surface area contributed by atoms with E-state index in [1.165, 1.54) is 258 Å². The Kier molecular flexibility index (Phi) is 107. The number of aromatic nitrogens is 21. The second-order valence-corrected chi connectivity index (χ2v) is 48.8. The summed E-state index contributed by atoms with van der Waals surface area (Å²) in [5.74, 6) is 13.7. The van der Waals surface area contributed by atoms with Crippen molar-refractivity contribution in [1.29, 1.82) is 0 Å². The molecule has 0 saturated carbocycles. The van der Waals surface area contributed by atoms with Crippen molar-refractivity contribution in [2.45, 2.75) is 558 Å². The topological polar surface area (TPSA) is 215 Å². The summed E-state index contributed by atoms with van der Waals surface area (Å²) < 4.78 is 14.6. The summed E-state index contributed by atoms with van der Waals surface area (Å²) in [6.07, 6.45) is 72.5. The first-order valence-electron chi connectivity index (χ1n) is 59.3. The van der Waals surface area contributed by atoms with E-state index in [4.69, 9.17) is 0 Å². The van der Waals surface area contributed by atoms with Gasteiger partial charge in [0.25, 0.3) is 0 Å². The van der Waals surface area contributed by atoms with Gasteiger partial charge in [0, 0.05) is 111 Å². The van der Waals surface area contributed by atoms with Gasteiger partial charge in [-0.1, -0.05) is 401 Å². The average molecular weight is 2200 g/mol. The van der Waals surface area contributed by atoms with Crippen LogP contribution in [0.1, 0.15) is 507 Å². The van der Waals surface area contributed by atoms with Gasteiger partial charge in [-0.2, -0.15) is 11.8 Å². The molecule has 7 rings (SSSR count). The average Bonchev–Trinajstić information content (AvgIpc) is 1.82. The molecule has 0 aliphatic carbocycles. The van der Waals surface area contributed by atoms with Gasteiger partial charge in [0.05, 0.1) is 83.2 Å². The maximum atomic E-state index is 4.18. The molecule has 23 heteroatoms. The summed E-state index contributed by atoms with van der Waals surface area (Å²) in [5.41, 5.74) is 9.05. The zero-order valence-electron chi connectivity index (χ0n) is 104. The van der Waals surface area contributed by atoms with Crippen molar-refractivity contribution in [1.82, 2.24) is 105 Å². The Morgan fingerprint density at radius 2 is 0.367 bits per heavy atom. The van der Waals surface area contributed by atoms with Crippen molar-refractivity contribution in [2.24, 2.45) is 107 Å². The Balaban J connectivity index is -0.000000378.